The Hall–Kier alpha value is -1.79. The maximum atomic E-state index is 11.8. The van der Waals surface area contributed by atoms with E-state index in [4.69, 9.17) is 15.9 Å². The van der Waals surface area contributed by atoms with Crippen molar-refractivity contribution >= 4 is 5.97 Å². The Bertz CT molecular complexity index is 433. The second kappa shape index (κ2) is 5.03. The minimum absolute atomic E-state index is 0.128. The number of rotatable bonds is 2. The molecule has 0 aromatic heterocycles. The van der Waals surface area contributed by atoms with E-state index in [1.165, 1.54) is 0 Å². The van der Waals surface area contributed by atoms with Crippen molar-refractivity contribution < 1.29 is 14.3 Å². The van der Waals surface area contributed by atoms with Crippen LogP contribution in [0.2, 0.25) is 0 Å². The molecule has 1 fully saturated rings. The van der Waals surface area contributed by atoms with Crippen LogP contribution in [0.1, 0.15) is 23.7 Å². The van der Waals surface area contributed by atoms with Gasteiger partial charge in [-0.15, -0.1) is 6.42 Å². The topological polar surface area (TPSA) is 35.5 Å². The van der Waals surface area contributed by atoms with Crippen LogP contribution < -0.4 is 0 Å². The maximum absolute atomic E-state index is 11.8. The first-order valence-corrected chi connectivity index (χ1v) is 5.58. The fourth-order valence-corrected chi connectivity index (χ4v) is 1.80. The zero-order valence-corrected chi connectivity index (χ0v) is 9.63. The Balaban J connectivity index is 1.99. The van der Waals surface area contributed by atoms with Crippen LogP contribution in [-0.4, -0.2) is 18.4 Å². The standard InChI is InChI=1S/C14H14O3/c1-3-12-9-10(2)14(16-12)17-13(15)11-7-5-4-6-8-11/h1,4-8,10,12,14H,9H2,2H3. The number of terminal acetylenes is 1. The number of hydrogen-bond acceptors (Lipinski definition) is 3. The third kappa shape index (κ3) is 2.66. The first kappa shape index (κ1) is 11.7. The molecule has 0 spiro atoms. The minimum Gasteiger partial charge on any atom is -0.432 e. The molecule has 1 heterocycles. The Labute approximate surface area is 101 Å². The van der Waals surface area contributed by atoms with Crippen LogP contribution in [0.3, 0.4) is 0 Å². The van der Waals surface area contributed by atoms with Crippen molar-refractivity contribution in [3.05, 3.63) is 35.9 Å². The monoisotopic (exact) mass is 230 g/mol. The van der Waals surface area contributed by atoms with E-state index >= 15 is 0 Å². The molecule has 0 N–H and O–H groups in total. The number of esters is 1. The van der Waals surface area contributed by atoms with Gasteiger partial charge in [0.15, 0.2) is 0 Å². The largest absolute Gasteiger partial charge is 0.432 e. The molecule has 0 aliphatic carbocycles. The van der Waals surface area contributed by atoms with E-state index in [9.17, 15) is 4.79 Å². The van der Waals surface area contributed by atoms with E-state index < -0.39 is 6.29 Å². The van der Waals surface area contributed by atoms with Crippen molar-refractivity contribution in [1.82, 2.24) is 0 Å². The summed E-state index contributed by atoms with van der Waals surface area (Å²) in [6, 6.07) is 8.85. The molecule has 2 rings (SSSR count). The van der Waals surface area contributed by atoms with Crippen molar-refractivity contribution in [2.75, 3.05) is 0 Å². The van der Waals surface area contributed by atoms with Gasteiger partial charge in [-0.2, -0.15) is 0 Å². The van der Waals surface area contributed by atoms with Crippen molar-refractivity contribution in [3.63, 3.8) is 0 Å². The summed E-state index contributed by atoms with van der Waals surface area (Å²) >= 11 is 0. The molecule has 17 heavy (non-hydrogen) atoms. The molecule has 3 unspecified atom stereocenters. The van der Waals surface area contributed by atoms with Gasteiger partial charge in [-0.3, -0.25) is 0 Å². The van der Waals surface area contributed by atoms with E-state index in [1.54, 1.807) is 24.3 Å². The molecule has 0 saturated carbocycles. The van der Waals surface area contributed by atoms with E-state index in [0.29, 0.717) is 5.56 Å². The highest BCUT2D eigenvalue weighted by atomic mass is 16.7. The summed E-state index contributed by atoms with van der Waals surface area (Å²) in [5.41, 5.74) is 0.521. The minimum atomic E-state index is -0.538. The van der Waals surface area contributed by atoms with Gasteiger partial charge in [0, 0.05) is 5.92 Å². The van der Waals surface area contributed by atoms with Crippen molar-refractivity contribution in [1.29, 1.82) is 0 Å². The van der Waals surface area contributed by atoms with Gasteiger partial charge in [-0.1, -0.05) is 31.0 Å². The lowest BCUT2D eigenvalue weighted by Gasteiger charge is -2.15. The lowest BCUT2D eigenvalue weighted by atomic mass is 10.1. The van der Waals surface area contributed by atoms with Crippen molar-refractivity contribution in [3.8, 4) is 12.3 Å². The summed E-state index contributed by atoms with van der Waals surface area (Å²) in [6.45, 7) is 1.96. The Morgan fingerprint density at radius 1 is 1.47 bits per heavy atom. The van der Waals surface area contributed by atoms with Crippen LogP contribution in [0.4, 0.5) is 0 Å². The molecule has 0 radical (unpaired) electrons. The van der Waals surface area contributed by atoms with Gasteiger partial charge < -0.3 is 9.47 Å². The Morgan fingerprint density at radius 3 is 2.76 bits per heavy atom. The number of carbonyl (C=O) groups excluding carboxylic acids is 1. The second-order valence-electron chi connectivity index (χ2n) is 4.14. The summed E-state index contributed by atoms with van der Waals surface area (Å²) in [5.74, 6) is 2.28. The van der Waals surface area contributed by atoms with E-state index in [1.807, 2.05) is 13.0 Å². The third-order valence-electron chi connectivity index (χ3n) is 2.77. The average molecular weight is 230 g/mol. The molecule has 0 amide bonds. The number of carbonyl (C=O) groups is 1. The molecule has 88 valence electrons. The van der Waals surface area contributed by atoms with Gasteiger partial charge >= 0.3 is 5.97 Å². The quantitative estimate of drug-likeness (QED) is 0.577. The van der Waals surface area contributed by atoms with Crippen LogP contribution in [-0.2, 0) is 9.47 Å². The lowest BCUT2D eigenvalue weighted by molar-refractivity contribution is -0.105. The normalized spacial score (nSPS) is 27.4. The lowest BCUT2D eigenvalue weighted by Crippen LogP contribution is -2.22. The van der Waals surface area contributed by atoms with Gasteiger partial charge in [0.05, 0.1) is 5.56 Å². The van der Waals surface area contributed by atoms with Gasteiger partial charge in [-0.25, -0.2) is 4.79 Å². The SMILES string of the molecule is C#CC1CC(C)C(OC(=O)c2ccccc2)O1. The second-order valence-corrected chi connectivity index (χ2v) is 4.14. The average Bonchev–Trinajstić information content (AvgIpc) is 2.71. The molecule has 0 bridgehead atoms. The molecule has 1 aromatic carbocycles. The Morgan fingerprint density at radius 2 is 2.18 bits per heavy atom. The summed E-state index contributed by atoms with van der Waals surface area (Å²) in [4.78, 5) is 11.8. The maximum Gasteiger partial charge on any atom is 0.340 e. The van der Waals surface area contributed by atoms with E-state index in [-0.39, 0.29) is 18.0 Å². The predicted molar refractivity (Wildman–Crippen MR) is 63.1 cm³/mol. The third-order valence-corrected chi connectivity index (χ3v) is 2.77. The van der Waals surface area contributed by atoms with E-state index in [2.05, 4.69) is 5.92 Å². The van der Waals surface area contributed by atoms with Crippen LogP contribution in [0, 0.1) is 18.3 Å². The molecule has 3 heteroatoms. The van der Waals surface area contributed by atoms with Crippen LogP contribution in [0.15, 0.2) is 30.3 Å². The highest BCUT2D eigenvalue weighted by Gasteiger charge is 2.34. The molecule has 1 aliphatic heterocycles. The predicted octanol–water partition coefficient (Wildman–Crippen LogP) is 2.23. The summed E-state index contributed by atoms with van der Waals surface area (Å²) in [6.07, 6.45) is 5.22. The molecule has 1 aromatic rings. The fourth-order valence-electron chi connectivity index (χ4n) is 1.80. The zero-order chi connectivity index (χ0) is 12.3. The van der Waals surface area contributed by atoms with Crippen LogP contribution in [0.5, 0.6) is 0 Å². The smallest absolute Gasteiger partial charge is 0.340 e. The highest BCUT2D eigenvalue weighted by Crippen LogP contribution is 2.27. The zero-order valence-electron chi connectivity index (χ0n) is 9.63. The molecule has 1 aliphatic rings. The summed E-state index contributed by atoms with van der Waals surface area (Å²) < 4.78 is 10.7. The molecule has 3 atom stereocenters. The first-order chi connectivity index (χ1) is 8.20. The summed E-state index contributed by atoms with van der Waals surface area (Å²) in [5, 5.41) is 0. The van der Waals surface area contributed by atoms with Gasteiger partial charge in [0.2, 0.25) is 6.29 Å². The number of hydrogen-bond donors (Lipinski definition) is 0. The first-order valence-electron chi connectivity index (χ1n) is 5.58. The molecule has 1 saturated heterocycles. The Kier molecular flexibility index (Phi) is 3.46. The van der Waals surface area contributed by atoms with Gasteiger partial charge in [0.1, 0.15) is 6.10 Å². The highest BCUT2D eigenvalue weighted by molar-refractivity contribution is 5.89. The van der Waals surface area contributed by atoms with E-state index in [0.717, 1.165) is 6.42 Å². The molecular formula is C14H14O3. The molecule has 3 nitrogen and oxygen atoms in total. The molecular weight excluding hydrogens is 216 g/mol. The van der Waals surface area contributed by atoms with Gasteiger partial charge in [0.25, 0.3) is 0 Å². The van der Waals surface area contributed by atoms with Crippen LogP contribution >= 0.6 is 0 Å². The van der Waals surface area contributed by atoms with Gasteiger partial charge in [-0.05, 0) is 18.6 Å². The fraction of sp³-hybridized carbons (Fsp3) is 0.357. The van der Waals surface area contributed by atoms with Crippen LogP contribution in [0.25, 0.3) is 0 Å². The van der Waals surface area contributed by atoms with Crippen molar-refractivity contribution in [2.24, 2.45) is 5.92 Å². The summed E-state index contributed by atoms with van der Waals surface area (Å²) in [7, 11) is 0. The van der Waals surface area contributed by atoms with Crippen molar-refractivity contribution in [2.45, 2.75) is 25.7 Å². The number of ether oxygens (including phenoxy) is 2. The number of benzene rings is 1.